The Morgan fingerprint density at radius 1 is 1.00 bits per heavy atom. The van der Waals surface area contributed by atoms with Gasteiger partial charge in [0.15, 0.2) is 0 Å². The second kappa shape index (κ2) is 8.96. The molecule has 0 aromatic rings. The molecule has 1 N–H and O–H groups in total. The first-order chi connectivity index (χ1) is 4.91. The number of nitrogens with one attached hydrogen (secondary N) is 1. The maximum Gasteiger partial charge on any atom is 0.0380 e. The Labute approximate surface area is 65.0 Å². The van der Waals surface area contributed by atoms with E-state index in [-0.39, 0.29) is 0 Å². The van der Waals surface area contributed by atoms with Gasteiger partial charge in [0.25, 0.3) is 0 Å². The lowest BCUT2D eigenvalue weighted by Gasteiger charge is -1.97. The molecule has 0 saturated heterocycles. The van der Waals surface area contributed by atoms with Gasteiger partial charge >= 0.3 is 0 Å². The van der Waals surface area contributed by atoms with Crippen molar-refractivity contribution in [2.24, 2.45) is 0 Å². The highest BCUT2D eigenvalue weighted by Gasteiger charge is 1.88. The zero-order valence-corrected chi connectivity index (χ0v) is 7.03. The van der Waals surface area contributed by atoms with Crippen LogP contribution in [0.3, 0.4) is 0 Å². The van der Waals surface area contributed by atoms with E-state index in [0.717, 1.165) is 6.42 Å². The summed E-state index contributed by atoms with van der Waals surface area (Å²) in [6, 6.07) is 0. The molecule has 0 aliphatic rings. The van der Waals surface area contributed by atoms with Crippen molar-refractivity contribution in [1.82, 2.24) is 5.73 Å². The number of hydrogen-bond acceptors (Lipinski definition) is 0. The smallest absolute Gasteiger partial charge is 0.0380 e. The largest absolute Gasteiger partial charge is 0.253 e. The summed E-state index contributed by atoms with van der Waals surface area (Å²) in [4.78, 5) is 0. The molecule has 0 bridgehead atoms. The first-order valence-corrected chi connectivity index (χ1v) is 4.40. The highest BCUT2D eigenvalue weighted by molar-refractivity contribution is 4.52. The summed E-state index contributed by atoms with van der Waals surface area (Å²) in [7, 11) is 0. The van der Waals surface area contributed by atoms with Gasteiger partial charge in [0.05, 0.1) is 0 Å². The topological polar surface area (TPSA) is 23.8 Å². The third-order valence-electron chi connectivity index (χ3n) is 1.70. The van der Waals surface area contributed by atoms with Gasteiger partial charge in [0, 0.05) is 6.54 Å². The van der Waals surface area contributed by atoms with Crippen LogP contribution in [-0.4, -0.2) is 0 Å². The maximum atomic E-state index is 6.79. The monoisotopic (exact) mass is 141 g/mol. The predicted molar refractivity (Wildman–Crippen MR) is 45.4 cm³/mol. The van der Waals surface area contributed by atoms with Gasteiger partial charge in [-0.1, -0.05) is 45.4 Å². The Balaban J connectivity index is 2.65. The highest BCUT2D eigenvalue weighted by Crippen LogP contribution is 2.06. The molecule has 60 valence electrons. The fourth-order valence-electron chi connectivity index (χ4n) is 1.03. The van der Waals surface area contributed by atoms with Gasteiger partial charge in [0.2, 0.25) is 0 Å². The van der Waals surface area contributed by atoms with Crippen LogP contribution in [0.5, 0.6) is 0 Å². The summed E-state index contributed by atoms with van der Waals surface area (Å²) in [5.74, 6) is 0. The van der Waals surface area contributed by atoms with Crippen molar-refractivity contribution in [3.05, 3.63) is 6.54 Å². The Hall–Kier alpha value is -0.0400. The lowest BCUT2D eigenvalue weighted by molar-refractivity contribution is 0.603. The second-order valence-electron chi connectivity index (χ2n) is 2.76. The summed E-state index contributed by atoms with van der Waals surface area (Å²) in [6.07, 6.45) is 8.96. The summed E-state index contributed by atoms with van der Waals surface area (Å²) in [6.45, 7) is 3.75. The molecular weight excluding hydrogens is 122 g/mol. The molecule has 0 spiro atoms. The van der Waals surface area contributed by atoms with E-state index in [1.54, 1.807) is 0 Å². The molecule has 0 atom stereocenters. The molecule has 0 unspecified atom stereocenters. The van der Waals surface area contributed by atoms with E-state index < -0.39 is 0 Å². The fourth-order valence-corrected chi connectivity index (χ4v) is 1.03. The predicted octanol–water partition coefficient (Wildman–Crippen LogP) is 3.18. The summed E-state index contributed by atoms with van der Waals surface area (Å²) in [5, 5.41) is 0. The van der Waals surface area contributed by atoms with Crippen molar-refractivity contribution >= 4 is 0 Å². The van der Waals surface area contributed by atoms with Crippen LogP contribution in [0.4, 0.5) is 0 Å². The van der Waals surface area contributed by atoms with E-state index in [0.29, 0.717) is 0 Å². The summed E-state index contributed by atoms with van der Waals surface area (Å²) >= 11 is 0. The van der Waals surface area contributed by atoms with Crippen molar-refractivity contribution in [2.75, 3.05) is 0 Å². The Bertz CT molecular complexity index is 44.7. The second-order valence-corrected chi connectivity index (χ2v) is 2.76. The third kappa shape index (κ3) is 7.96. The Kier molecular flexibility index (Phi) is 8.92. The van der Waals surface area contributed by atoms with Crippen LogP contribution in [0.15, 0.2) is 0 Å². The van der Waals surface area contributed by atoms with Gasteiger partial charge in [0.1, 0.15) is 0 Å². The quantitative estimate of drug-likeness (QED) is 0.486. The molecule has 0 aromatic heterocycles. The van der Waals surface area contributed by atoms with Gasteiger partial charge < -0.3 is 0 Å². The molecule has 0 fully saturated rings. The van der Waals surface area contributed by atoms with Gasteiger partial charge in [-0.3, -0.25) is 5.73 Å². The normalized spacial score (nSPS) is 10.2. The zero-order valence-electron chi connectivity index (χ0n) is 7.03. The fraction of sp³-hybridized carbons (Fsp3) is 0.889. The van der Waals surface area contributed by atoms with Gasteiger partial charge in [-0.25, -0.2) is 0 Å². The van der Waals surface area contributed by atoms with Gasteiger partial charge in [-0.2, -0.15) is 0 Å². The van der Waals surface area contributed by atoms with Crippen LogP contribution < -0.4 is 5.73 Å². The standard InChI is InChI=1S/C9H19N/c1-2-3-4-5-6-7-8-9-10/h9-10H,2-8H2,1H3. The van der Waals surface area contributed by atoms with Crippen molar-refractivity contribution in [1.29, 1.82) is 0 Å². The molecule has 0 heterocycles. The molecule has 10 heavy (non-hydrogen) atoms. The van der Waals surface area contributed by atoms with Gasteiger partial charge in [-0.15, -0.1) is 0 Å². The molecule has 1 heteroatoms. The van der Waals surface area contributed by atoms with E-state index in [1.165, 1.54) is 45.1 Å². The molecule has 0 saturated carbocycles. The van der Waals surface area contributed by atoms with E-state index in [2.05, 4.69) is 6.92 Å². The van der Waals surface area contributed by atoms with Crippen molar-refractivity contribution in [3.63, 3.8) is 0 Å². The van der Waals surface area contributed by atoms with Crippen molar-refractivity contribution in [3.8, 4) is 0 Å². The minimum atomic E-state index is 0.978. The van der Waals surface area contributed by atoms with Crippen LogP contribution in [0.1, 0.15) is 51.9 Å². The Morgan fingerprint density at radius 3 is 2.20 bits per heavy atom. The molecule has 0 amide bonds. The number of hydrogen-bond donors (Lipinski definition) is 0. The zero-order chi connectivity index (χ0) is 7.66. The molecule has 2 radical (unpaired) electrons. The lowest BCUT2D eigenvalue weighted by atomic mass is 10.1. The highest BCUT2D eigenvalue weighted by atomic mass is 14.5. The summed E-state index contributed by atoms with van der Waals surface area (Å²) in [5.41, 5.74) is 6.79. The van der Waals surface area contributed by atoms with Crippen LogP contribution in [0.2, 0.25) is 0 Å². The lowest BCUT2D eigenvalue weighted by Crippen LogP contribution is -1.80. The van der Waals surface area contributed by atoms with Crippen LogP contribution in [-0.2, 0) is 0 Å². The molecule has 0 aliphatic carbocycles. The molecule has 0 rings (SSSR count). The van der Waals surface area contributed by atoms with E-state index in [4.69, 9.17) is 5.73 Å². The number of rotatable bonds is 7. The van der Waals surface area contributed by atoms with Crippen LogP contribution >= 0.6 is 0 Å². The van der Waals surface area contributed by atoms with Crippen molar-refractivity contribution < 1.29 is 0 Å². The number of unbranched alkanes of at least 4 members (excludes halogenated alkanes) is 6. The van der Waals surface area contributed by atoms with Gasteiger partial charge in [-0.05, 0) is 6.42 Å². The van der Waals surface area contributed by atoms with Crippen molar-refractivity contribution in [2.45, 2.75) is 51.9 Å². The third-order valence-corrected chi connectivity index (χ3v) is 1.70. The first-order valence-electron chi connectivity index (χ1n) is 4.40. The molecule has 1 nitrogen and oxygen atoms in total. The van der Waals surface area contributed by atoms with E-state index >= 15 is 0 Å². The van der Waals surface area contributed by atoms with Crippen LogP contribution in [0.25, 0.3) is 0 Å². The van der Waals surface area contributed by atoms with E-state index in [1.807, 2.05) is 0 Å². The Morgan fingerprint density at radius 2 is 1.60 bits per heavy atom. The first kappa shape index (κ1) is 9.96. The molecule has 0 aliphatic heterocycles. The van der Waals surface area contributed by atoms with Crippen LogP contribution in [0, 0.1) is 6.54 Å². The average molecular weight is 141 g/mol. The minimum Gasteiger partial charge on any atom is -0.253 e. The SMILES string of the molecule is CCCCCCCC[CH][NH]. The average Bonchev–Trinajstić information content (AvgIpc) is 1.97. The minimum absolute atomic E-state index is 0.978. The molecular formula is C9H19N. The maximum absolute atomic E-state index is 6.79. The van der Waals surface area contributed by atoms with E-state index in [9.17, 15) is 0 Å². The summed E-state index contributed by atoms with van der Waals surface area (Å²) < 4.78 is 0. The molecule has 0 aromatic carbocycles.